The summed E-state index contributed by atoms with van der Waals surface area (Å²) in [5.41, 5.74) is 7.89. The maximum absolute atomic E-state index is 12.0. The first-order chi connectivity index (χ1) is 9.78. The Bertz CT molecular complexity index is 620. The summed E-state index contributed by atoms with van der Waals surface area (Å²) in [6.07, 6.45) is 4.23. The van der Waals surface area contributed by atoms with Gasteiger partial charge in [-0.1, -0.05) is 5.16 Å². The number of nitrogens with one attached hydrogen (secondary N) is 1. The van der Waals surface area contributed by atoms with E-state index in [2.05, 4.69) is 15.5 Å². The smallest absolute Gasteiger partial charge is 0.271 e. The van der Waals surface area contributed by atoms with E-state index in [0.29, 0.717) is 18.8 Å². The third-order valence-corrected chi connectivity index (χ3v) is 4.28. The molecule has 7 heteroatoms. The van der Waals surface area contributed by atoms with Crippen molar-refractivity contribution in [1.82, 2.24) is 15.5 Å². The van der Waals surface area contributed by atoms with Crippen LogP contribution in [0.4, 0.5) is 0 Å². The Morgan fingerprint density at radius 1 is 1.45 bits per heavy atom. The topological polar surface area (TPSA) is 94.0 Å². The lowest BCUT2D eigenvalue weighted by Gasteiger charge is -2.09. The standard InChI is InChI=1S/C13H16N4O2S/c14-5-12-16-10(7-20-12)13(18)15-6-9-8-3-1-2-4-11(8)19-17-9/h7H,1-6,14H2,(H,15,18). The fourth-order valence-corrected chi connectivity index (χ4v) is 3.01. The molecule has 0 saturated carbocycles. The molecule has 0 atom stereocenters. The van der Waals surface area contributed by atoms with Crippen LogP contribution in [-0.4, -0.2) is 16.0 Å². The summed E-state index contributed by atoms with van der Waals surface area (Å²) >= 11 is 1.39. The second-order valence-corrected chi connectivity index (χ2v) is 5.69. The van der Waals surface area contributed by atoms with E-state index in [1.54, 1.807) is 5.38 Å². The van der Waals surface area contributed by atoms with Crippen LogP contribution in [0.15, 0.2) is 9.90 Å². The Balaban J connectivity index is 1.64. The van der Waals surface area contributed by atoms with Gasteiger partial charge in [-0.25, -0.2) is 4.98 Å². The molecule has 2 aromatic heterocycles. The largest absolute Gasteiger partial charge is 0.361 e. The van der Waals surface area contributed by atoms with Gasteiger partial charge in [0.05, 0.1) is 6.54 Å². The van der Waals surface area contributed by atoms with Crippen molar-refractivity contribution in [3.8, 4) is 0 Å². The van der Waals surface area contributed by atoms with Gasteiger partial charge in [0.15, 0.2) is 0 Å². The molecule has 3 N–H and O–H groups in total. The van der Waals surface area contributed by atoms with Gasteiger partial charge >= 0.3 is 0 Å². The first-order valence-electron chi connectivity index (χ1n) is 6.67. The molecule has 1 aliphatic carbocycles. The molecule has 0 aromatic carbocycles. The minimum absolute atomic E-state index is 0.200. The van der Waals surface area contributed by atoms with Crippen molar-refractivity contribution < 1.29 is 9.32 Å². The minimum atomic E-state index is -0.200. The molecule has 0 bridgehead atoms. The molecule has 3 rings (SSSR count). The maximum Gasteiger partial charge on any atom is 0.271 e. The summed E-state index contributed by atoms with van der Waals surface area (Å²) in [6, 6.07) is 0. The second kappa shape index (κ2) is 5.72. The summed E-state index contributed by atoms with van der Waals surface area (Å²) in [5, 5.41) is 9.36. The number of nitrogens with zero attached hydrogens (tertiary/aromatic N) is 2. The molecule has 0 fully saturated rings. The van der Waals surface area contributed by atoms with Crippen LogP contribution in [0.1, 0.15) is 45.4 Å². The molecule has 2 heterocycles. The van der Waals surface area contributed by atoms with Crippen LogP contribution in [0, 0.1) is 0 Å². The third-order valence-electron chi connectivity index (χ3n) is 3.41. The third kappa shape index (κ3) is 2.59. The average molecular weight is 292 g/mol. The Kier molecular flexibility index (Phi) is 3.79. The number of carbonyl (C=O) groups excluding carboxylic acids is 1. The fraction of sp³-hybridized carbons (Fsp3) is 0.462. The summed E-state index contributed by atoms with van der Waals surface area (Å²) < 4.78 is 5.32. The van der Waals surface area contributed by atoms with E-state index in [-0.39, 0.29) is 5.91 Å². The van der Waals surface area contributed by atoms with Crippen LogP contribution in [0.3, 0.4) is 0 Å². The van der Waals surface area contributed by atoms with E-state index in [4.69, 9.17) is 10.3 Å². The van der Waals surface area contributed by atoms with E-state index in [0.717, 1.165) is 47.7 Å². The van der Waals surface area contributed by atoms with Crippen LogP contribution in [0.2, 0.25) is 0 Å². The zero-order valence-electron chi connectivity index (χ0n) is 11.0. The molecule has 0 radical (unpaired) electrons. The lowest BCUT2D eigenvalue weighted by atomic mass is 9.96. The van der Waals surface area contributed by atoms with Crippen LogP contribution in [-0.2, 0) is 25.9 Å². The highest BCUT2D eigenvalue weighted by molar-refractivity contribution is 7.09. The summed E-state index contributed by atoms with van der Waals surface area (Å²) in [6.45, 7) is 0.738. The van der Waals surface area contributed by atoms with Gasteiger partial charge in [0.25, 0.3) is 5.91 Å². The van der Waals surface area contributed by atoms with E-state index < -0.39 is 0 Å². The number of amides is 1. The highest BCUT2D eigenvalue weighted by Crippen LogP contribution is 2.24. The second-order valence-electron chi connectivity index (χ2n) is 4.75. The Hall–Kier alpha value is -1.73. The van der Waals surface area contributed by atoms with Gasteiger partial charge in [0, 0.05) is 23.9 Å². The number of nitrogens with two attached hydrogens (primary N) is 1. The van der Waals surface area contributed by atoms with Crippen LogP contribution in [0.5, 0.6) is 0 Å². The summed E-state index contributed by atoms with van der Waals surface area (Å²) in [5.74, 6) is 0.771. The Morgan fingerprint density at radius 3 is 3.10 bits per heavy atom. The van der Waals surface area contributed by atoms with Gasteiger partial charge in [-0.3, -0.25) is 4.79 Å². The van der Waals surface area contributed by atoms with Gasteiger partial charge in [-0.15, -0.1) is 11.3 Å². The quantitative estimate of drug-likeness (QED) is 0.888. The molecule has 0 spiro atoms. The predicted molar refractivity (Wildman–Crippen MR) is 74.3 cm³/mol. The summed E-state index contributed by atoms with van der Waals surface area (Å²) in [7, 11) is 0. The molecule has 0 saturated heterocycles. The first-order valence-corrected chi connectivity index (χ1v) is 7.55. The SMILES string of the molecule is NCc1nc(C(=O)NCc2noc3c2CCCC3)cs1. The van der Waals surface area contributed by atoms with E-state index in [1.165, 1.54) is 11.3 Å². The van der Waals surface area contributed by atoms with Crippen molar-refractivity contribution in [2.45, 2.75) is 38.8 Å². The Morgan fingerprint density at radius 2 is 2.30 bits per heavy atom. The predicted octanol–water partition coefficient (Wildman–Crippen LogP) is 1.40. The lowest BCUT2D eigenvalue weighted by Crippen LogP contribution is -2.24. The maximum atomic E-state index is 12.0. The van der Waals surface area contributed by atoms with E-state index in [1.807, 2.05) is 0 Å². The number of aromatic nitrogens is 2. The zero-order chi connectivity index (χ0) is 13.9. The number of hydrogen-bond acceptors (Lipinski definition) is 6. The molecule has 0 unspecified atom stereocenters. The lowest BCUT2D eigenvalue weighted by molar-refractivity contribution is 0.0945. The Labute approximate surface area is 120 Å². The van der Waals surface area contributed by atoms with Gasteiger partial charge < -0.3 is 15.6 Å². The van der Waals surface area contributed by atoms with E-state index >= 15 is 0 Å². The first kappa shape index (κ1) is 13.3. The summed E-state index contributed by atoms with van der Waals surface area (Å²) in [4.78, 5) is 16.1. The monoisotopic (exact) mass is 292 g/mol. The normalized spacial score (nSPS) is 14.1. The van der Waals surface area contributed by atoms with Crippen molar-refractivity contribution >= 4 is 17.2 Å². The number of rotatable bonds is 4. The molecule has 2 aromatic rings. The molecular weight excluding hydrogens is 276 g/mol. The van der Waals surface area contributed by atoms with Crippen LogP contribution < -0.4 is 11.1 Å². The highest BCUT2D eigenvalue weighted by atomic mass is 32.1. The molecule has 0 aliphatic heterocycles. The number of hydrogen-bond donors (Lipinski definition) is 2. The van der Waals surface area contributed by atoms with Crippen molar-refractivity contribution in [2.24, 2.45) is 5.73 Å². The number of aryl methyl sites for hydroxylation is 1. The molecule has 1 amide bonds. The molecule has 106 valence electrons. The van der Waals surface area contributed by atoms with Crippen LogP contribution >= 0.6 is 11.3 Å². The molecule has 1 aliphatic rings. The van der Waals surface area contributed by atoms with Crippen molar-refractivity contribution in [3.05, 3.63) is 33.1 Å². The van der Waals surface area contributed by atoms with E-state index in [9.17, 15) is 4.79 Å². The fourth-order valence-electron chi connectivity index (χ4n) is 2.35. The number of carbonyl (C=O) groups is 1. The van der Waals surface area contributed by atoms with Gasteiger partial charge in [0.2, 0.25) is 0 Å². The van der Waals surface area contributed by atoms with Gasteiger partial charge in [0.1, 0.15) is 22.2 Å². The van der Waals surface area contributed by atoms with Gasteiger partial charge in [-0.2, -0.15) is 0 Å². The van der Waals surface area contributed by atoms with Crippen LogP contribution in [0.25, 0.3) is 0 Å². The molecule has 20 heavy (non-hydrogen) atoms. The highest BCUT2D eigenvalue weighted by Gasteiger charge is 2.20. The van der Waals surface area contributed by atoms with Gasteiger partial charge in [-0.05, 0) is 19.3 Å². The number of fused-ring (bicyclic) bond motifs is 1. The zero-order valence-corrected chi connectivity index (χ0v) is 11.8. The molecular formula is C13H16N4O2S. The average Bonchev–Trinajstić information content (AvgIpc) is 3.11. The van der Waals surface area contributed by atoms with Crippen molar-refractivity contribution in [3.63, 3.8) is 0 Å². The molecule has 6 nitrogen and oxygen atoms in total. The number of thiazole rings is 1. The minimum Gasteiger partial charge on any atom is -0.361 e. The van der Waals surface area contributed by atoms with Crippen molar-refractivity contribution in [1.29, 1.82) is 0 Å². The van der Waals surface area contributed by atoms with Crippen molar-refractivity contribution in [2.75, 3.05) is 0 Å².